The van der Waals surface area contributed by atoms with Crippen molar-refractivity contribution in [3.05, 3.63) is 16.1 Å². The quantitative estimate of drug-likeness (QED) is 0.589. The molecule has 21 heavy (non-hydrogen) atoms. The van der Waals surface area contributed by atoms with E-state index in [-0.39, 0.29) is 5.91 Å². The van der Waals surface area contributed by atoms with Gasteiger partial charge in [-0.1, -0.05) is 6.92 Å². The predicted molar refractivity (Wildman–Crippen MR) is 87.6 cm³/mol. The zero-order valence-corrected chi connectivity index (χ0v) is 14.1. The smallest absolute Gasteiger partial charge is 0.221 e. The molecule has 0 radical (unpaired) electrons. The largest absolute Gasteiger partial charge is 0.356 e. The van der Waals surface area contributed by atoms with E-state index >= 15 is 0 Å². The van der Waals surface area contributed by atoms with Crippen molar-refractivity contribution in [3.63, 3.8) is 0 Å². The SMILES string of the molecule is CCCNC(=O)CCNC(=NC)N(C)Cc1csc(C)n1. The van der Waals surface area contributed by atoms with Crippen LogP contribution in [-0.2, 0) is 11.3 Å². The molecule has 7 heteroatoms. The van der Waals surface area contributed by atoms with E-state index in [2.05, 4.69) is 26.0 Å². The number of hydrogen-bond donors (Lipinski definition) is 2. The summed E-state index contributed by atoms with van der Waals surface area (Å²) in [6.07, 6.45) is 1.40. The molecule has 1 heterocycles. The summed E-state index contributed by atoms with van der Waals surface area (Å²) in [4.78, 5) is 22.2. The summed E-state index contributed by atoms with van der Waals surface area (Å²) in [6, 6.07) is 0. The second-order valence-electron chi connectivity index (χ2n) is 4.79. The van der Waals surface area contributed by atoms with Gasteiger partial charge in [-0.3, -0.25) is 9.79 Å². The van der Waals surface area contributed by atoms with Crippen molar-refractivity contribution in [2.45, 2.75) is 33.2 Å². The summed E-state index contributed by atoms with van der Waals surface area (Å²) in [5, 5.41) is 9.17. The molecule has 0 aliphatic heterocycles. The van der Waals surface area contributed by atoms with E-state index in [0.29, 0.717) is 19.5 Å². The molecule has 0 unspecified atom stereocenters. The van der Waals surface area contributed by atoms with Crippen molar-refractivity contribution >= 4 is 23.2 Å². The first-order valence-corrected chi connectivity index (χ1v) is 8.04. The van der Waals surface area contributed by atoms with E-state index < -0.39 is 0 Å². The molecule has 0 fully saturated rings. The summed E-state index contributed by atoms with van der Waals surface area (Å²) >= 11 is 1.64. The number of carbonyl (C=O) groups excluding carboxylic acids is 1. The number of thiazole rings is 1. The standard InChI is InChI=1S/C14H25N5OS/c1-5-7-16-13(20)6-8-17-14(15-3)19(4)9-12-10-21-11(2)18-12/h10H,5-9H2,1-4H3,(H,15,17)(H,16,20). The van der Waals surface area contributed by atoms with Gasteiger partial charge in [0.05, 0.1) is 17.2 Å². The van der Waals surface area contributed by atoms with Crippen molar-refractivity contribution in [2.75, 3.05) is 27.2 Å². The van der Waals surface area contributed by atoms with Gasteiger partial charge in [0.15, 0.2) is 5.96 Å². The Balaban J connectivity index is 2.35. The molecule has 0 aliphatic carbocycles. The Bertz CT molecular complexity index is 472. The lowest BCUT2D eigenvalue weighted by Gasteiger charge is -2.21. The highest BCUT2D eigenvalue weighted by Crippen LogP contribution is 2.09. The van der Waals surface area contributed by atoms with Crippen LogP contribution < -0.4 is 10.6 Å². The van der Waals surface area contributed by atoms with Crippen LogP contribution in [-0.4, -0.2) is 48.9 Å². The average molecular weight is 311 g/mol. The molecular weight excluding hydrogens is 286 g/mol. The van der Waals surface area contributed by atoms with Crippen LogP contribution in [0.2, 0.25) is 0 Å². The maximum Gasteiger partial charge on any atom is 0.221 e. The summed E-state index contributed by atoms with van der Waals surface area (Å²) in [5.74, 6) is 0.835. The minimum atomic E-state index is 0.0672. The highest BCUT2D eigenvalue weighted by Gasteiger charge is 2.09. The maximum atomic E-state index is 11.5. The number of hydrogen-bond acceptors (Lipinski definition) is 4. The second-order valence-corrected chi connectivity index (χ2v) is 5.85. The van der Waals surface area contributed by atoms with Crippen LogP contribution in [0, 0.1) is 6.92 Å². The van der Waals surface area contributed by atoms with Crippen LogP contribution in [0.15, 0.2) is 10.4 Å². The number of rotatable bonds is 7. The zero-order valence-electron chi connectivity index (χ0n) is 13.3. The van der Waals surface area contributed by atoms with E-state index in [1.54, 1.807) is 18.4 Å². The fourth-order valence-electron chi connectivity index (χ4n) is 1.82. The molecule has 1 aromatic rings. The molecule has 0 bridgehead atoms. The summed E-state index contributed by atoms with van der Waals surface area (Å²) < 4.78 is 0. The third-order valence-corrected chi connectivity index (χ3v) is 3.67. The van der Waals surface area contributed by atoms with Crippen molar-refractivity contribution in [3.8, 4) is 0 Å². The Morgan fingerprint density at radius 3 is 2.76 bits per heavy atom. The lowest BCUT2D eigenvalue weighted by Crippen LogP contribution is -2.40. The van der Waals surface area contributed by atoms with Crippen molar-refractivity contribution in [1.82, 2.24) is 20.5 Å². The van der Waals surface area contributed by atoms with Gasteiger partial charge in [0.2, 0.25) is 5.91 Å². The number of nitrogens with one attached hydrogen (secondary N) is 2. The van der Waals surface area contributed by atoms with Crippen LogP contribution >= 0.6 is 11.3 Å². The molecule has 0 atom stereocenters. The maximum absolute atomic E-state index is 11.5. The first kappa shape index (κ1) is 17.4. The van der Waals surface area contributed by atoms with E-state index in [9.17, 15) is 4.79 Å². The van der Waals surface area contributed by atoms with Crippen LogP contribution in [0.1, 0.15) is 30.5 Å². The molecule has 0 spiro atoms. The normalized spacial score (nSPS) is 11.3. The lowest BCUT2D eigenvalue weighted by molar-refractivity contribution is -0.120. The average Bonchev–Trinajstić information content (AvgIpc) is 2.86. The van der Waals surface area contributed by atoms with Crippen LogP contribution in [0.4, 0.5) is 0 Å². The molecule has 6 nitrogen and oxygen atoms in total. The molecule has 0 aliphatic rings. The number of aliphatic imine (C=N–C) groups is 1. The van der Waals surface area contributed by atoms with Crippen LogP contribution in [0.3, 0.4) is 0 Å². The molecule has 0 saturated carbocycles. The lowest BCUT2D eigenvalue weighted by atomic mass is 10.3. The van der Waals surface area contributed by atoms with E-state index in [1.807, 2.05) is 25.8 Å². The Kier molecular flexibility index (Phi) is 7.74. The van der Waals surface area contributed by atoms with E-state index in [0.717, 1.165) is 29.6 Å². The van der Waals surface area contributed by atoms with Gasteiger partial charge in [-0.15, -0.1) is 11.3 Å². The Morgan fingerprint density at radius 1 is 1.43 bits per heavy atom. The minimum absolute atomic E-state index is 0.0672. The first-order valence-electron chi connectivity index (χ1n) is 7.16. The first-order chi connectivity index (χ1) is 10.1. The van der Waals surface area contributed by atoms with Gasteiger partial charge in [-0.25, -0.2) is 4.98 Å². The molecule has 1 aromatic heterocycles. The van der Waals surface area contributed by atoms with Gasteiger partial charge in [0, 0.05) is 39.0 Å². The number of amides is 1. The minimum Gasteiger partial charge on any atom is -0.356 e. The monoisotopic (exact) mass is 311 g/mol. The molecule has 0 aromatic carbocycles. The fourth-order valence-corrected chi connectivity index (χ4v) is 2.43. The third kappa shape index (κ3) is 6.57. The van der Waals surface area contributed by atoms with Gasteiger partial charge in [-0.05, 0) is 13.3 Å². The second kappa shape index (κ2) is 9.33. The topological polar surface area (TPSA) is 69.6 Å². The summed E-state index contributed by atoms with van der Waals surface area (Å²) in [6.45, 7) is 6.04. The molecule has 118 valence electrons. The number of nitrogens with zero attached hydrogens (tertiary/aromatic N) is 3. The van der Waals surface area contributed by atoms with Gasteiger partial charge in [-0.2, -0.15) is 0 Å². The molecule has 1 rings (SSSR count). The summed E-state index contributed by atoms with van der Waals surface area (Å²) in [7, 11) is 3.70. The molecule has 1 amide bonds. The number of guanidine groups is 1. The van der Waals surface area contributed by atoms with Crippen molar-refractivity contribution < 1.29 is 4.79 Å². The number of aromatic nitrogens is 1. The number of carbonyl (C=O) groups is 1. The molecule has 0 saturated heterocycles. The highest BCUT2D eigenvalue weighted by atomic mass is 32.1. The van der Waals surface area contributed by atoms with Crippen LogP contribution in [0.5, 0.6) is 0 Å². The van der Waals surface area contributed by atoms with Crippen molar-refractivity contribution in [1.29, 1.82) is 0 Å². The van der Waals surface area contributed by atoms with E-state index in [1.165, 1.54) is 0 Å². The van der Waals surface area contributed by atoms with Gasteiger partial charge in [0.1, 0.15) is 0 Å². The Hall–Kier alpha value is -1.63. The van der Waals surface area contributed by atoms with Gasteiger partial charge in [0.25, 0.3) is 0 Å². The molecular formula is C14H25N5OS. The van der Waals surface area contributed by atoms with Crippen molar-refractivity contribution in [2.24, 2.45) is 4.99 Å². The summed E-state index contributed by atoms with van der Waals surface area (Å²) in [5.41, 5.74) is 1.03. The number of aryl methyl sites for hydroxylation is 1. The van der Waals surface area contributed by atoms with Gasteiger partial charge < -0.3 is 15.5 Å². The fraction of sp³-hybridized carbons (Fsp3) is 0.643. The van der Waals surface area contributed by atoms with Gasteiger partial charge >= 0.3 is 0 Å². The zero-order chi connectivity index (χ0) is 15.7. The Labute approximate surface area is 130 Å². The highest BCUT2D eigenvalue weighted by molar-refractivity contribution is 7.09. The van der Waals surface area contributed by atoms with E-state index in [4.69, 9.17) is 0 Å². The Morgan fingerprint density at radius 2 is 2.19 bits per heavy atom. The van der Waals surface area contributed by atoms with Crippen LogP contribution in [0.25, 0.3) is 0 Å². The third-order valence-electron chi connectivity index (χ3n) is 2.85. The predicted octanol–water partition coefficient (Wildman–Crippen LogP) is 1.38. The molecule has 2 N–H and O–H groups in total.